The van der Waals surface area contributed by atoms with E-state index in [9.17, 15) is 13.2 Å². The number of carbonyl (C=O) groups is 1. The molecule has 3 rings (SSSR count). The highest BCUT2D eigenvalue weighted by Crippen LogP contribution is 2.47. The Morgan fingerprint density at radius 2 is 1.86 bits per heavy atom. The highest BCUT2D eigenvalue weighted by atomic mass is 35.5. The molecule has 1 heterocycles. The molecule has 2 fully saturated rings. The number of rotatable bonds is 4. The van der Waals surface area contributed by atoms with E-state index >= 15 is 0 Å². The van der Waals surface area contributed by atoms with Crippen LogP contribution in [0.1, 0.15) is 12.8 Å². The molecule has 0 atom stereocenters. The molecular weight excluding hydrogens is 316 g/mol. The van der Waals surface area contributed by atoms with Gasteiger partial charge in [-0.25, -0.2) is 17.9 Å². The van der Waals surface area contributed by atoms with E-state index in [4.69, 9.17) is 16.7 Å². The maximum Gasteiger partial charge on any atom is 0.407 e. The Morgan fingerprint density at radius 1 is 1.29 bits per heavy atom. The molecule has 0 radical (unpaired) electrons. The molecule has 2 N–H and O–H groups in total. The van der Waals surface area contributed by atoms with Gasteiger partial charge < -0.3 is 10.0 Å². The fourth-order valence-corrected chi connectivity index (χ4v) is 4.30. The maximum absolute atomic E-state index is 12.4. The molecule has 0 aromatic heterocycles. The molecule has 114 valence electrons. The van der Waals surface area contributed by atoms with Gasteiger partial charge in [-0.1, -0.05) is 11.6 Å². The zero-order valence-corrected chi connectivity index (χ0v) is 12.7. The Morgan fingerprint density at radius 3 is 2.33 bits per heavy atom. The van der Waals surface area contributed by atoms with Gasteiger partial charge in [0.05, 0.1) is 4.90 Å². The second kappa shape index (κ2) is 4.86. The highest BCUT2D eigenvalue weighted by molar-refractivity contribution is 7.89. The number of carboxylic acid groups (broad SMARTS) is 1. The quantitative estimate of drug-likeness (QED) is 0.880. The summed E-state index contributed by atoms with van der Waals surface area (Å²) in [5, 5.41) is 9.33. The van der Waals surface area contributed by atoms with Crippen LogP contribution in [0.4, 0.5) is 4.79 Å². The highest BCUT2D eigenvalue weighted by Gasteiger charge is 2.56. The second-order valence-corrected chi connectivity index (χ2v) is 7.72. The van der Waals surface area contributed by atoms with Crippen molar-refractivity contribution in [3.63, 3.8) is 0 Å². The van der Waals surface area contributed by atoms with E-state index in [1.807, 2.05) is 0 Å². The van der Waals surface area contributed by atoms with Crippen molar-refractivity contribution in [2.45, 2.75) is 23.3 Å². The molecule has 0 unspecified atom stereocenters. The number of likely N-dealkylation sites (tertiary alicyclic amines) is 1. The summed E-state index contributed by atoms with van der Waals surface area (Å²) in [7, 11) is -3.61. The zero-order chi connectivity index (χ0) is 15.3. The molecule has 1 aromatic rings. The summed E-state index contributed by atoms with van der Waals surface area (Å²) in [5.41, 5.74) is -0.482. The fraction of sp³-hybridized carbons (Fsp3) is 0.462. The molecule has 8 heteroatoms. The van der Waals surface area contributed by atoms with Crippen molar-refractivity contribution >= 4 is 27.7 Å². The number of nitrogens with zero attached hydrogens (tertiary/aromatic N) is 1. The minimum atomic E-state index is -3.61. The topological polar surface area (TPSA) is 86.7 Å². The third kappa shape index (κ3) is 2.73. The first-order chi connectivity index (χ1) is 9.82. The number of nitrogens with one attached hydrogen (secondary N) is 1. The van der Waals surface area contributed by atoms with Crippen LogP contribution in [0.2, 0.25) is 5.02 Å². The van der Waals surface area contributed by atoms with E-state index in [2.05, 4.69) is 4.72 Å². The number of hydrogen-bond donors (Lipinski definition) is 2. The van der Waals surface area contributed by atoms with Gasteiger partial charge in [0.25, 0.3) is 0 Å². The number of amides is 1. The van der Waals surface area contributed by atoms with E-state index in [0.717, 1.165) is 12.8 Å². The van der Waals surface area contributed by atoms with Gasteiger partial charge in [-0.2, -0.15) is 0 Å². The summed E-state index contributed by atoms with van der Waals surface area (Å²) in [4.78, 5) is 12.3. The van der Waals surface area contributed by atoms with Crippen LogP contribution in [-0.2, 0) is 10.0 Å². The molecule has 1 aliphatic carbocycles. The molecule has 1 amide bonds. The Bertz CT molecular complexity index is 664. The number of halogens is 1. The average Bonchev–Trinajstić information content (AvgIpc) is 3.06. The lowest BCUT2D eigenvalue weighted by molar-refractivity contribution is 0.0637. The zero-order valence-electron chi connectivity index (χ0n) is 11.1. The maximum atomic E-state index is 12.4. The molecule has 21 heavy (non-hydrogen) atoms. The summed E-state index contributed by atoms with van der Waals surface area (Å²) in [6, 6.07) is 5.99. The smallest absolute Gasteiger partial charge is 0.407 e. The summed E-state index contributed by atoms with van der Waals surface area (Å²) in [6.45, 7) is 0.775. The van der Waals surface area contributed by atoms with Gasteiger partial charge in [0.2, 0.25) is 10.0 Å². The predicted octanol–water partition coefficient (Wildman–Crippen LogP) is 1.76. The van der Waals surface area contributed by atoms with Gasteiger partial charge in [0, 0.05) is 29.6 Å². The Balaban J connectivity index is 1.71. The molecule has 0 spiro atoms. The van der Waals surface area contributed by atoms with Gasteiger partial charge in [-0.05, 0) is 37.1 Å². The summed E-state index contributed by atoms with van der Waals surface area (Å²) < 4.78 is 27.5. The van der Waals surface area contributed by atoms with Crippen molar-refractivity contribution in [1.29, 1.82) is 0 Å². The van der Waals surface area contributed by atoms with Crippen LogP contribution in [0.25, 0.3) is 0 Å². The summed E-state index contributed by atoms with van der Waals surface area (Å²) in [5.74, 6) is 0.0516. The van der Waals surface area contributed by atoms with Gasteiger partial charge in [-0.3, -0.25) is 0 Å². The fourth-order valence-electron chi connectivity index (χ4n) is 2.65. The minimum Gasteiger partial charge on any atom is -0.465 e. The lowest BCUT2D eigenvalue weighted by Gasteiger charge is -2.42. The molecular formula is C13H15ClN2O4S. The van der Waals surface area contributed by atoms with Crippen molar-refractivity contribution in [1.82, 2.24) is 9.62 Å². The molecule has 2 aliphatic rings. The first kappa shape index (κ1) is 14.6. The van der Waals surface area contributed by atoms with Crippen LogP contribution in [0.5, 0.6) is 0 Å². The third-order valence-electron chi connectivity index (χ3n) is 4.18. The Labute approximate surface area is 127 Å². The minimum absolute atomic E-state index is 0.0516. The van der Waals surface area contributed by atoms with Crippen molar-refractivity contribution in [3.05, 3.63) is 29.3 Å². The molecule has 1 aromatic carbocycles. The number of hydrogen-bond acceptors (Lipinski definition) is 3. The van der Waals surface area contributed by atoms with Gasteiger partial charge in [-0.15, -0.1) is 0 Å². The first-order valence-electron chi connectivity index (χ1n) is 6.60. The largest absolute Gasteiger partial charge is 0.465 e. The SMILES string of the molecule is O=C(O)N1CC(C2(NS(=O)(=O)c3ccc(Cl)cc3)CC2)C1. The standard InChI is InChI=1S/C13H15ClN2O4S/c14-10-1-3-11(4-2-10)21(19,20)15-13(5-6-13)9-7-16(8-9)12(17)18/h1-4,9,15H,5-8H2,(H,17,18). The van der Waals surface area contributed by atoms with Crippen LogP contribution in [0, 0.1) is 5.92 Å². The number of benzene rings is 1. The van der Waals surface area contributed by atoms with Crippen LogP contribution >= 0.6 is 11.6 Å². The molecule has 6 nitrogen and oxygen atoms in total. The van der Waals surface area contributed by atoms with Gasteiger partial charge in [0.15, 0.2) is 0 Å². The van der Waals surface area contributed by atoms with Crippen LogP contribution in [-0.4, -0.2) is 43.1 Å². The predicted molar refractivity (Wildman–Crippen MR) is 76.8 cm³/mol. The van der Waals surface area contributed by atoms with Crippen LogP contribution in [0.3, 0.4) is 0 Å². The van der Waals surface area contributed by atoms with E-state index < -0.39 is 21.7 Å². The normalized spacial score (nSPS) is 20.9. The molecule has 1 saturated carbocycles. The van der Waals surface area contributed by atoms with Crippen molar-refractivity contribution < 1.29 is 18.3 Å². The van der Waals surface area contributed by atoms with Crippen LogP contribution < -0.4 is 4.72 Å². The lowest BCUT2D eigenvalue weighted by atomic mass is 9.90. The number of sulfonamides is 1. The van der Waals surface area contributed by atoms with E-state index in [-0.39, 0.29) is 10.8 Å². The second-order valence-electron chi connectivity index (χ2n) is 5.60. The van der Waals surface area contributed by atoms with Gasteiger partial charge in [0.1, 0.15) is 0 Å². The monoisotopic (exact) mass is 330 g/mol. The van der Waals surface area contributed by atoms with Crippen molar-refractivity contribution in [2.75, 3.05) is 13.1 Å². The van der Waals surface area contributed by atoms with Crippen molar-refractivity contribution in [3.8, 4) is 0 Å². The molecule has 0 bridgehead atoms. The van der Waals surface area contributed by atoms with Gasteiger partial charge >= 0.3 is 6.09 Å². The average molecular weight is 331 g/mol. The summed E-state index contributed by atoms with van der Waals surface area (Å²) in [6.07, 6.45) is 0.540. The Kier molecular flexibility index (Phi) is 3.38. The summed E-state index contributed by atoms with van der Waals surface area (Å²) >= 11 is 5.76. The Hall–Kier alpha value is -1.31. The van der Waals surface area contributed by atoms with E-state index in [1.54, 1.807) is 0 Å². The first-order valence-corrected chi connectivity index (χ1v) is 8.46. The third-order valence-corrected chi connectivity index (χ3v) is 6.00. The van der Waals surface area contributed by atoms with E-state index in [0.29, 0.717) is 18.1 Å². The lowest BCUT2D eigenvalue weighted by Crippen LogP contribution is -2.59. The van der Waals surface area contributed by atoms with Crippen LogP contribution in [0.15, 0.2) is 29.2 Å². The van der Waals surface area contributed by atoms with Crippen molar-refractivity contribution in [2.24, 2.45) is 5.92 Å². The molecule has 1 aliphatic heterocycles. The molecule has 1 saturated heterocycles. The van der Waals surface area contributed by atoms with E-state index in [1.165, 1.54) is 29.2 Å².